The lowest BCUT2D eigenvalue weighted by Crippen LogP contribution is -2.03. The van der Waals surface area contributed by atoms with Crippen molar-refractivity contribution in [1.82, 2.24) is 15.0 Å². The summed E-state index contributed by atoms with van der Waals surface area (Å²) in [7, 11) is 0. The Morgan fingerprint density at radius 1 is 0.885 bits per heavy atom. The Labute approximate surface area is 152 Å². The number of pyridine rings is 1. The van der Waals surface area contributed by atoms with Crippen molar-refractivity contribution in [3.05, 3.63) is 90.9 Å². The first-order valence-corrected chi connectivity index (χ1v) is 8.41. The van der Waals surface area contributed by atoms with Gasteiger partial charge in [-0.3, -0.25) is 4.98 Å². The second-order valence-electron chi connectivity index (χ2n) is 6.04. The van der Waals surface area contributed by atoms with Gasteiger partial charge in [0.05, 0.1) is 5.52 Å². The highest BCUT2D eigenvalue weighted by molar-refractivity contribution is 5.90. The highest BCUT2D eigenvalue weighted by Crippen LogP contribution is 2.29. The fourth-order valence-electron chi connectivity index (χ4n) is 3.09. The molecule has 0 bridgehead atoms. The number of rotatable bonds is 4. The first-order chi connectivity index (χ1) is 12.7. The Kier molecular flexibility index (Phi) is 4.15. The monoisotopic (exact) mass is 338 g/mol. The van der Waals surface area contributed by atoms with E-state index in [4.69, 9.17) is 0 Å². The van der Waals surface area contributed by atoms with Crippen LogP contribution in [-0.4, -0.2) is 15.0 Å². The summed E-state index contributed by atoms with van der Waals surface area (Å²) in [4.78, 5) is 13.0. The third-order valence-electron chi connectivity index (χ3n) is 4.41. The largest absolute Gasteiger partial charge is 0.338 e. The number of benzene rings is 2. The maximum absolute atomic E-state index is 4.39. The molecule has 0 aliphatic rings. The summed E-state index contributed by atoms with van der Waals surface area (Å²) in [5.74, 6) is 0.658. The molecule has 1 N–H and O–H groups in total. The molecule has 2 heterocycles. The van der Waals surface area contributed by atoms with Gasteiger partial charge in [0.25, 0.3) is 0 Å². The van der Waals surface area contributed by atoms with Crippen molar-refractivity contribution >= 4 is 22.5 Å². The lowest BCUT2D eigenvalue weighted by atomic mass is 9.95. The fraction of sp³-hybridized carbons (Fsp3) is 0.0455. The molecule has 0 radical (unpaired) electrons. The molecule has 0 spiro atoms. The first-order valence-electron chi connectivity index (χ1n) is 8.41. The number of nitrogens with one attached hydrogen (secondary N) is 1. The van der Waals surface area contributed by atoms with Gasteiger partial charge in [0, 0.05) is 17.5 Å². The van der Waals surface area contributed by atoms with Gasteiger partial charge in [-0.2, -0.15) is 0 Å². The third kappa shape index (κ3) is 2.93. The number of nitrogens with zero attached hydrogens (tertiary/aromatic N) is 3. The van der Waals surface area contributed by atoms with Crippen LogP contribution in [0.3, 0.4) is 0 Å². The molecule has 4 nitrogen and oxygen atoms in total. The predicted molar refractivity (Wildman–Crippen MR) is 107 cm³/mol. The van der Waals surface area contributed by atoms with E-state index in [1.165, 1.54) is 23.0 Å². The Balaban J connectivity index is 1.71. The van der Waals surface area contributed by atoms with Crippen LogP contribution in [0.5, 0.6) is 0 Å². The first kappa shape index (κ1) is 16.0. The zero-order chi connectivity index (χ0) is 17.9. The number of aromatic nitrogens is 3. The average molecular weight is 338 g/mol. The van der Waals surface area contributed by atoms with Crippen molar-refractivity contribution in [3.63, 3.8) is 0 Å². The Morgan fingerprint density at radius 2 is 1.73 bits per heavy atom. The van der Waals surface area contributed by atoms with Crippen LogP contribution in [0.25, 0.3) is 27.9 Å². The molecule has 0 amide bonds. The minimum absolute atomic E-state index is 0.658. The zero-order valence-electron chi connectivity index (χ0n) is 14.5. The highest BCUT2D eigenvalue weighted by Gasteiger charge is 2.11. The van der Waals surface area contributed by atoms with E-state index in [9.17, 15) is 0 Å². The van der Waals surface area contributed by atoms with Crippen molar-refractivity contribution in [3.8, 4) is 11.1 Å². The lowest BCUT2D eigenvalue weighted by molar-refractivity contribution is 1.19. The molecule has 0 aliphatic heterocycles. The van der Waals surface area contributed by atoms with Gasteiger partial charge in [0.2, 0.25) is 0 Å². The molecule has 126 valence electrons. The van der Waals surface area contributed by atoms with Gasteiger partial charge in [0.1, 0.15) is 11.8 Å². The summed E-state index contributed by atoms with van der Waals surface area (Å²) in [5, 5.41) is 3.31. The molecular weight excluding hydrogens is 320 g/mol. The Bertz CT molecular complexity index is 1080. The van der Waals surface area contributed by atoms with Gasteiger partial charge >= 0.3 is 0 Å². The molecule has 26 heavy (non-hydrogen) atoms. The van der Waals surface area contributed by atoms with Crippen LogP contribution in [0.4, 0.5) is 5.82 Å². The van der Waals surface area contributed by atoms with Gasteiger partial charge in [-0.05, 0) is 35.7 Å². The molecule has 0 atom stereocenters. The van der Waals surface area contributed by atoms with Crippen LogP contribution in [0, 0.1) is 6.92 Å². The van der Waals surface area contributed by atoms with Gasteiger partial charge in [-0.25, -0.2) is 9.97 Å². The molecule has 4 heteroatoms. The molecule has 2 aromatic heterocycles. The number of hydrogen-bond acceptors (Lipinski definition) is 4. The normalized spacial score (nSPS) is 10.7. The van der Waals surface area contributed by atoms with Crippen LogP contribution in [-0.2, 0) is 0 Å². The van der Waals surface area contributed by atoms with E-state index < -0.39 is 0 Å². The smallest absolute Gasteiger partial charge is 0.160 e. The molecule has 0 saturated heterocycles. The fourth-order valence-corrected chi connectivity index (χ4v) is 3.09. The Hall–Kier alpha value is -3.53. The van der Waals surface area contributed by atoms with Crippen LogP contribution in [0.2, 0.25) is 0 Å². The number of fused-ring (bicyclic) bond motifs is 1. The topological polar surface area (TPSA) is 50.7 Å². The van der Waals surface area contributed by atoms with E-state index in [0.29, 0.717) is 5.82 Å². The molecule has 0 unspecified atom stereocenters. The van der Waals surface area contributed by atoms with E-state index in [1.54, 1.807) is 6.20 Å². The van der Waals surface area contributed by atoms with E-state index in [0.717, 1.165) is 22.3 Å². The lowest BCUT2D eigenvalue weighted by Gasteiger charge is -2.15. The van der Waals surface area contributed by atoms with Crippen LogP contribution >= 0.6 is 0 Å². The quantitative estimate of drug-likeness (QED) is 0.563. The molecular formula is C22H18N4. The summed E-state index contributed by atoms with van der Waals surface area (Å²) in [6, 6.07) is 20.4. The maximum atomic E-state index is 4.39. The summed E-state index contributed by atoms with van der Waals surface area (Å²) < 4.78 is 0. The molecule has 4 rings (SSSR count). The molecule has 2 aromatic carbocycles. The van der Waals surface area contributed by atoms with E-state index >= 15 is 0 Å². The molecule has 0 aliphatic carbocycles. The van der Waals surface area contributed by atoms with E-state index in [1.807, 2.05) is 36.4 Å². The minimum Gasteiger partial charge on any atom is -0.338 e. The van der Waals surface area contributed by atoms with E-state index in [2.05, 4.69) is 58.0 Å². The molecule has 0 fully saturated rings. The Morgan fingerprint density at radius 3 is 2.58 bits per heavy atom. The number of hydrogen-bond donors (Lipinski definition) is 1. The third-order valence-corrected chi connectivity index (χ3v) is 4.41. The van der Waals surface area contributed by atoms with E-state index in [-0.39, 0.29) is 0 Å². The van der Waals surface area contributed by atoms with Gasteiger partial charge in [-0.1, -0.05) is 55.1 Å². The van der Waals surface area contributed by atoms with Gasteiger partial charge in [0.15, 0.2) is 5.82 Å². The standard InChI is InChI=1S/C22H18N4/c1-15-18(10-6-11-19(15)17-8-4-3-5-9-17)16(2)26-22-21-20(24-14-25-22)12-7-13-23-21/h3-14H,2H2,1H3,(H,24,25,26). The highest BCUT2D eigenvalue weighted by atomic mass is 15.0. The van der Waals surface area contributed by atoms with Gasteiger partial charge < -0.3 is 5.32 Å². The second-order valence-corrected chi connectivity index (χ2v) is 6.04. The van der Waals surface area contributed by atoms with Crippen molar-refractivity contribution < 1.29 is 0 Å². The summed E-state index contributed by atoms with van der Waals surface area (Å²) in [6.07, 6.45) is 3.27. The zero-order valence-corrected chi connectivity index (χ0v) is 14.5. The summed E-state index contributed by atoms with van der Waals surface area (Å²) in [6.45, 7) is 6.34. The summed E-state index contributed by atoms with van der Waals surface area (Å²) >= 11 is 0. The van der Waals surface area contributed by atoms with Crippen LogP contribution < -0.4 is 5.32 Å². The van der Waals surface area contributed by atoms with Crippen molar-refractivity contribution in [2.75, 3.05) is 5.32 Å². The predicted octanol–water partition coefficient (Wildman–Crippen LogP) is 5.08. The molecule has 0 saturated carbocycles. The number of anilines is 1. The van der Waals surface area contributed by atoms with Crippen molar-refractivity contribution in [2.24, 2.45) is 0 Å². The van der Waals surface area contributed by atoms with Gasteiger partial charge in [-0.15, -0.1) is 0 Å². The van der Waals surface area contributed by atoms with Crippen LogP contribution in [0.15, 0.2) is 79.8 Å². The van der Waals surface area contributed by atoms with Crippen LogP contribution in [0.1, 0.15) is 11.1 Å². The second kappa shape index (κ2) is 6.76. The maximum Gasteiger partial charge on any atom is 0.160 e. The summed E-state index contributed by atoms with van der Waals surface area (Å²) in [5.41, 5.74) is 6.91. The minimum atomic E-state index is 0.658. The van der Waals surface area contributed by atoms with Crippen molar-refractivity contribution in [1.29, 1.82) is 0 Å². The SMILES string of the molecule is C=C(Nc1ncnc2cccnc12)c1cccc(-c2ccccc2)c1C. The van der Waals surface area contributed by atoms with Crippen molar-refractivity contribution in [2.45, 2.75) is 6.92 Å². The molecule has 4 aromatic rings. The average Bonchev–Trinajstić information content (AvgIpc) is 2.69.